The van der Waals surface area contributed by atoms with Crippen molar-refractivity contribution < 1.29 is 19.4 Å². The predicted molar refractivity (Wildman–Crippen MR) is 117 cm³/mol. The van der Waals surface area contributed by atoms with E-state index in [-0.39, 0.29) is 5.70 Å². The third-order valence-electron chi connectivity index (χ3n) is 3.51. The van der Waals surface area contributed by atoms with Crippen LogP contribution in [0.2, 0.25) is 0 Å². The van der Waals surface area contributed by atoms with E-state index in [1.807, 2.05) is 43.3 Å². The molecule has 0 aliphatic carbocycles. The number of ether oxygens (including phenoxy) is 1. The molecule has 0 spiro atoms. The molecule has 0 fully saturated rings. The zero-order valence-electron chi connectivity index (χ0n) is 14.2. The number of rotatable bonds is 6. The lowest BCUT2D eigenvalue weighted by Gasteiger charge is -2.13. The summed E-state index contributed by atoms with van der Waals surface area (Å²) in [6.45, 7) is 3.77. The van der Waals surface area contributed by atoms with Gasteiger partial charge in [0.1, 0.15) is 18.1 Å². The minimum absolute atomic E-state index is 0.169. The van der Waals surface area contributed by atoms with Gasteiger partial charge in [-0.2, -0.15) is 0 Å². The number of aryl methyl sites for hydroxylation is 1. The Balaban J connectivity index is 2.26. The highest BCUT2D eigenvalue weighted by Gasteiger charge is 2.13. The lowest BCUT2D eigenvalue weighted by Crippen LogP contribution is -2.24. The molecule has 0 saturated heterocycles. The first-order valence-corrected chi connectivity index (χ1v) is 9.82. The standard InChI is InChI=1S/C19H17I2NO4/c1-11-5-3-4-6-14(11)10-26-18-15(20)7-13(8-16(18)21)9-17(19(24)25)22-12(2)23/h3-9H,10H2,1-2H3,(H,22,23)(H,24,25)/b17-9+. The van der Waals surface area contributed by atoms with Gasteiger partial charge in [0, 0.05) is 6.92 Å². The SMILES string of the molecule is CC(=O)N/C(=C/c1cc(I)c(OCc2ccccc2C)c(I)c1)C(=O)O. The lowest BCUT2D eigenvalue weighted by molar-refractivity contribution is -0.134. The Morgan fingerprint density at radius 1 is 1.19 bits per heavy atom. The van der Waals surface area contributed by atoms with Crippen LogP contribution < -0.4 is 10.1 Å². The Kier molecular flexibility index (Phi) is 7.44. The van der Waals surface area contributed by atoms with Gasteiger partial charge >= 0.3 is 5.97 Å². The minimum atomic E-state index is -1.19. The van der Waals surface area contributed by atoms with E-state index >= 15 is 0 Å². The fourth-order valence-electron chi connectivity index (χ4n) is 2.23. The second kappa shape index (κ2) is 9.36. The smallest absolute Gasteiger partial charge is 0.352 e. The molecule has 0 radical (unpaired) electrons. The fourth-order valence-corrected chi connectivity index (χ4v) is 4.36. The molecule has 0 bridgehead atoms. The first kappa shape index (κ1) is 20.7. The maximum atomic E-state index is 11.3. The third-order valence-corrected chi connectivity index (χ3v) is 5.11. The van der Waals surface area contributed by atoms with Gasteiger partial charge in [0.25, 0.3) is 0 Å². The number of carboxylic acid groups (broad SMARTS) is 1. The highest BCUT2D eigenvalue weighted by molar-refractivity contribution is 14.1. The van der Waals surface area contributed by atoms with E-state index in [0.29, 0.717) is 12.2 Å². The van der Waals surface area contributed by atoms with Crippen LogP contribution in [0.3, 0.4) is 0 Å². The van der Waals surface area contributed by atoms with E-state index in [1.54, 1.807) is 0 Å². The normalized spacial score (nSPS) is 11.2. The number of amides is 1. The summed E-state index contributed by atoms with van der Waals surface area (Å²) in [5.41, 5.74) is 2.78. The zero-order valence-corrected chi connectivity index (χ0v) is 18.5. The Morgan fingerprint density at radius 2 is 1.81 bits per heavy atom. The van der Waals surface area contributed by atoms with Crippen molar-refractivity contribution in [3.63, 3.8) is 0 Å². The second-order valence-corrected chi connectivity index (χ2v) is 7.90. The molecule has 7 heteroatoms. The number of nitrogens with one attached hydrogen (secondary N) is 1. The van der Waals surface area contributed by atoms with Crippen molar-refractivity contribution in [2.45, 2.75) is 20.5 Å². The van der Waals surface area contributed by atoms with Crippen molar-refractivity contribution in [3.05, 3.63) is 65.9 Å². The van der Waals surface area contributed by atoms with Crippen LogP contribution in [0.15, 0.2) is 42.1 Å². The third kappa shape index (κ3) is 5.70. The molecule has 2 aromatic rings. The van der Waals surface area contributed by atoms with Crippen molar-refractivity contribution in [1.82, 2.24) is 5.32 Å². The highest BCUT2D eigenvalue weighted by atomic mass is 127. The topological polar surface area (TPSA) is 75.6 Å². The summed E-state index contributed by atoms with van der Waals surface area (Å²) < 4.78 is 7.71. The molecular weight excluding hydrogens is 560 g/mol. The Bertz CT molecular complexity index is 855. The van der Waals surface area contributed by atoms with Crippen LogP contribution in [-0.2, 0) is 16.2 Å². The quantitative estimate of drug-likeness (QED) is 0.396. The van der Waals surface area contributed by atoms with E-state index in [2.05, 4.69) is 50.5 Å². The number of benzene rings is 2. The van der Waals surface area contributed by atoms with Gasteiger partial charge in [0.05, 0.1) is 7.14 Å². The van der Waals surface area contributed by atoms with E-state index in [0.717, 1.165) is 18.5 Å². The molecule has 0 aliphatic heterocycles. The monoisotopic (exact) mass is 577 g/mol. The average molecular weight is 577 g/mol. The summed E-state index contributed by atoms with van der Waals surface area (Å²) in [5.74, 6) is -0.866. The molecule has 2 N–H and O–H groups in total. The second-order valence-electron chi connectivity index (χ2n) is 5.57. The number of carbonyl (C=O) groups excluding carboxylic acids is 1. The van der Waals surface area contributed by atoms with Crippen molar-refractivity contribution in [3.8, 4) is 5.75 Å². The van der Waals surface area contributed by atoms with Crippen LogP contribution in [0.4, 0.5) is 0 Å². The molecule has 0 atom stereocenters. The molecule has 0 unspecified atom stereocenters. The maximum absolute atomic E-state index is 11.3. The summed E-state index contributed by atoms with van der Waals surface area (Å²) in [7, 11) is 0. The Labute approximate surface area is 179 Å². The summed E-state index contributed by atoms with van der Waals surface area (Å²) in [5, 5.41) is 11.5. The van der Waals surface area contributed by atoms with E-state index in [9.17, 15) is 14.7 Å². The van der Waals surface area contributed by atoms with Crippen LogP contribution in [0.1, 0.15) is 23.6 Å². The van der Waals surface area contributed by atoms with Crippen molar-refractivity contribution in [2.24, 2.45) is 0 Å². The van der Waals surface area contributed by atoms with Crippen LogP contribution in [0.25, 0.3) is 6.08 Å². The van der Waals surface area contributed by atoms with Crippen molar-refractivity contribution >= 4 is 63.1 Å². The summed E-state index contributed by atoms with van der Waals surface area (Å²) in [6.07, 6.45) is 1.43. The molecule has 2 aromatic carbocycles. The molecule has 1 amide bonds. The molecule has 136 valence electrons. The Hall–Kier alpha value is -1.62. The van der Waals surface area contributed by atoms with Crippen molar-refractivity contribution in [2.75, 3.05) is 0 Å². The van der Waals surface area contributed by atoms with Crippen LogP contribution in [-0.4, -0.2) is 17.0 Å². The number of carbonyl (C=O) groups is 2. The molecule has 5 nitrogen and oxygen atoms in total. The molecule has 26 heavy (non-hydrogen) atoms. The molecular formula is C19H17I2NO4. The summed E-state index contributed by atoms with van der Waals surface area (Å²) in [4.78, 5) is 22.4. The Morgan fingerprint density at radius 3 is 2.35 bits per heavy atom. The van der Waals surface area contributed by atoms with Gasteiger partial charge in [0.15, 0.2) is 0 Å². The molecule has 0 saturated carbocycles. The van der Waals surface area contributed by atoms with Gasteiger partial charge in [-0.1, -0.05) is 24.3 Å². The minimum Gasteiger partial charge on any atom is -0.487 e. The molecule has 0 aliphatic rings. The number of hydrogen-bond donors (Lipinski definition) is 2. The highest BCUT2D eigenvalue weighted by Crippen LogP contribution is 2.30. The van der Waals surface area contributed by atoms with Crippen LogP contribution in [0, 0.1) is 14.1 Å². The maximum Gasteiger partial charge on any atom is 0.352 e. The van der Waals surface area contributed by atoms with Crippen LogP contribution >= 0.6 is 45.2 Å². The van der Waals surface area contributed by atoms with Crippen LogP contribution in [0.5, 0.6) is 5.75 Å². The lowest BCUT2D eigenvalue weighted by atomic mass is 10.1. The summed E-state index contributed by atoms with van der Waals surface area (Å²) >= 11 is 4.32. The largest absolute Gasteiger partial charge is 0.487 e. The van der Waals surface area contributed by atoms with Gasteiger partial charge in [-0.15, -0.1) is 0 Å². The predicted octanol–water partition coefficient (Wildman–Crippen LogP) is 4.34. The zero-order chi connectivity index (χ0) is 19.3. The number of carboxylic acids is 1. The average Bonchev–Trinajstić information content (AvgIpc) is 2.54. The first-order chi connectivity index (χ1) is 12.3. The molecule has 0 heterocycles. The molecule has 0 aromatic heterocycles. The van der Waals surface area contributed by atoms with E-state index in [1.165, 1.54) is 18.6 Å². The molecule has 2 rings (SSSR count). The first-order valence-electron chi connectivity index (χ1n) is 7.67. The number of halogens is 2. The number of hydrogen-bond acceptors (Lipinski definition) is 3. The van der Waals surface area contributed by atoms with Gasteiger partial charge < -0.3 is 15.2 Å². The van der Waals surface area contributed by atoms with E-state index in [4.69, 9.17) is 4.74 Å². The van der Waals surface area contributed by atoms with E-state index < -0.39 is 11.9 Å². The van der Waals surface area contributed by atoms with Gasteiger partial charge in [0.2, 0.25) is 5.91 Å². The fraction of sp³-hybridized carbons (Fsp3) is 0.158. The van der Waals surface area contributed by atoms with Gasteiger partial charge in [-0.25, -0.2) is 4.79 Å². The van der Waals surface area contributed by atoms with Gasteiger partial charge in [-0.05, 0) is 87.0 Å². The summed E-state index contributed by atoms with van der Waals surface area (Å²) in [6, 6.07) is 11.7. The number of aliphatic carboxylic acids is 1. The van der Waals surface area contributed by atoms with Gasteiger partial charge in [-0.3, -0.25) is 4.79 Å². The van der Waals surface area contributed by atoms with Crippen molar-refractivity contribution in [1.29, 1.82) is 0 Å².